The van der Waals surface area contributed by atoms with Crippen LogP contribution in [0.4, 0.5) is 0 Å². The number of unbranched alkanes of at least 4 members (excludes halogenated alkanes) is 50. The first-order chi connectivity index (χ1) is 47.0. The molecule has 0 bridgehead atoms. The van der Waals surface area contributed by atoms with Crippen LogP contribution in [0, 0.1) is 5.92 Å². The molecule has 5 atom stereocenters. The molecule has 0 saturated heterocycles. The molecular formula is C78H152O17P2. The lowest BCUT2D eigenvalue weighted by molar-refractivity contribution is -0.161. The van der Waals surface area contributed by atoms with Gasteiger partial charge in [0.2, 0.25) is 0 Å². The number of phosphoric acid groups is 2. The van der Waals surface area contributed by atoms with Crippen molar-refractivity contribution in [1.29, 1.82) is 0 Å². The Bertz CT molecular complexity index is 1860. The third-order valence-electron chi connectivity index (χ3n) is 18.3. The van der Waals surface area contributed by atoms with E-state index in [-0.39, 0.29) is 25.7 Å². The fraction of sp³-hybridized carbons (Fsp3) is 0.949. The summed E-state index contributed by atoms with van der Waals surface area (Å²) in [6, 6.07) is 0. The molecule has 0 spiro atoms. The lowest BCUT2D eigenvalue weighted by Gasteiger charge is -2.21. The molecule has 3 N–H and O–H groups in total. The van der Waals surface area contributed by atoms with E-state index in [1.807, 2.05) is 0 Å². The number of hydrogen-bond acceptors (Lipinski definition) is 15. The monoisotopic (exact) mass is 1420 g/mol. The molecule has 0 aliphatic rings. The number of ether oxygens (including phenoxy) is 4. The van der Waals surface area contributed by atoms with E-state index in [1.54, 1.807) is 0 Å². The first kappa shape index (κ1) is 95.1. The largest absolute Gasteiger partial charge is 0.472 e. The SMILES string of the molecule is CCCCCCCCCCCCCCCCCCCCCCC(=O)O[C@H](COC(=O)CCCCCCCCCCCCCCCC(C)C)COP(=O)(O)OC[C@@H](O)COP(=O)(O)OC[C@@H](COC(=O)CCCCCCC)OC(=O)CCCCCCCCCCCCCCCCCC. The van der Waals surface area contributed by atoms with Crippen molar-refractivity contribution in [2.75, 3.05) is 39.6 Å². The van der Waals surface area contributed by atoms with Crippen LogP contribution in [0.25, 0.3) is 0 Å². The minimum Gasteiger partial charge on any atom is -0.462 e. The second-order valence-corrected chi connectivity index (χ2v) is 31.5. The quantitative estimate of drug-likeness (QED) is 0.0222. The summed E-state index contributed by atoms with van der Waals surface area (Å²) in [6.07, 6.45) is 61.5. The second-order valence-electron chi connectivity index (χ2n) is 28.6. The van der Waals surface area contributed by atoms with Crippen molar-refractivity contribution in [2.45, 2.75) is 432 Å². The Hall–Kier alpha value is -1.94. The van der Waals surface area contributed by atoms with Crippen molar-refractivity contribution >= 4 is 39.5 Å². The number of carbonyl (C=O) groups excluding carboxylic acids is 4. The lowest BCUT2D eigenvalue weighted by Crippen LogP contribution is -2.30. The van der Waals surface area contributed by atoms with E-state index in [0.29, 0.717) is 25.7 Å². The number of aliphatic hydroxyl groups is 1. The smallest absolute Gasteiger partial charge is 0.462 e. The van der Waals surface area contributed by atoms with Gasteiger partial charge >= 0.3 is 39.5 Å². The van der Waals surface area contributed by atoms with Gasteiger partial charge in [0.15, 0.2) is 12.2 Å². The third-order valence-corrected chi connectivity index (χ3v) is 20.2. The molecule has 0 fully saturated rings. The molecule has 0 rings (SSSR count). The van der Waals surface area contributed by atoms with Gasteiger partial charge in [-0.25, -0.2) is 9.13 Å². The molecule has 19 heteroatoms. The Morgan fingerprint density at radius 1 is 0.278 bits per heavy atom. The van der Waals surface area contributed by atoms with Crippen LogP contribution in [0.3, 0.4) is 0 Å². The number of phosphoric ester groups is 2. The van der Waals surface area contributed by atoms with Crippen molar-refractivity contribution in [3.05, 3.63) is 0 Å². The van der Waals surface area contributed by atoms with Gasteiger partial charge in [-0.1, -0.05) is 362 Å². The predicted molar refractivity (Wildman–Crippen MR) is 395 cm³/mol. The normalized spacial score (nSPS) is 13.9. The molecule has 17 nitrogen and oxygen atoms in total. The third kappa shape index (κ3) is 72.2. The van der Waals surface area contributed by atoms with Gasteiger partial charge < -0.3 is 33.8 Å². The van der Waals surface area contributed by atoms with Crippen LogP contribution in [0.1, 0.15) is 413 Å². The van der Waals surface area contributed by atoms with Crippen molar-refractivity contribution in [3.63, 3.8) is 0 Å². The molecule has 0 saturated carbocycles. The Kier molecular flexibility index (Phi) is 69.6. The molecule has 0 aromatic heterocycles. The van der Waals surface area contributed by atoms with Gasteiger partial charge in [0, 0.05) is 25.7 Å². The molecule has 97 heavy (non-hydrogen) atoms. The van der Waals surface area contributed by atoms with Crippen LogP contribution in [-0.4, -0.2) is 96.7 Å². The topological polar surface area (TPSA) is 237 Å². The molecule has 0 aliphatic carbocycles. The fourth-order valence-electron chi connectivity index (χ4n) is 12.1. The zero-order chi connectivity index (χ0) is 71.2. The highest BCUT2D eigenvalue weighted by atomic mass is 31.2. The summed E-state index contributed by atoms with van der Waals surface area (Å²) in [5.41, 5.74) is 0. The summed E-state index contributed by atoms with van der Waals surface area (Å²) in [5.74, 6) is -1.33. The van der Waals surface area contributed by atoms with Crippen LogP contribution in [-0.2, 0) is 65.4 Å². The van der Waals surface area contributed by atoms with Gasteiger partial charge in [0.25, 0.3) is 0 Å². The molecule has 0 heterocycles. The van der Waals surface area contributed by atoms with Crippen molar-refractivity contribution in [2.24, 2.45) is 5.92 Å². The molecule has 0 radical (unpaired) electrons. The van der Waals surface area contributed by atoms with Gasteiger partial charge in [0.05, 0.1) is 26.4 Å². The maximum Gasteiger partial charge on any atom is 0.472 e. The van der Waals surface area contributed by atoms with E-state index in [9.17, 15) is 43.2 Å². The predicted octanol–water partition coefficient (Wildman–Crippen LogP) is 23.3. The fourth-order valence-corrected chi connectivity index (χ4v) is 13.6. The Labute approximate surface area is 594 Å². The van der Waals surface area contributed by atoms with Gasteiger partial charge in [-0.15, -0.1) is 0 Å². The van der Waals surface area contributed by atoms with Gasteiger partial charge in [-0.05, 0) is 31.6 Å². The number of esters is 4. The Morgan fingerprint density at radius 2 is 0.474 bits per heavy atom. The van der Waals surface area contributed by atoms with Crippen molar-refractivity contribution in [1.82, 2.24) is 0 Å². The number of rotatable bonds is 78. The highest BCUT2D eigenvalue weighted by Crippen LogP contribution is 2.45. The maximum absolute atomic E-state index is 13.1. The van der Waals surface area contributed by atoms with Crippen molar-refractivity contribution < 1.29 is 80.2 Å². The van der Waals surface area contributed by atoms with Crippen LogP contribution in [0.2, 0.25) is 0 Å². The average Bonchev–Trinajstić information content (AvgIpc) is 1.88. The van der Waals surface area contributed by atoms with E-state index < -0.39 is 97.5 Å². The highest BCUT2D eigenvalue weighted by Gasteiger charge is 2.30. The van der Waals surface area contributed by atoms with Gasteiger partial charge in [-0.3, -0.25) is 37.3 Å². The lowest BCUT2D eigenvalue weighted by atomic mass is 10.0. The molecule has 0 aliphatic heterocycles. The van der Waals surface area contributed by atoms with Gasteiger partial charge in [0.1, 0.15) is 19.3 Å². The summed E-state index contributed by atoms with van der Waals surface area (Å²) < 4.78 is 68.4. The summed E-state index contributed by atoms with van der Waals surface area (Å²) in [4.78, 5) is 72.6. The average molecular weight is 1420 g/mol. The minimum atomic E-state index is -4.96. The molecule has 576 valence electrons. The molecule has 0 amide bonds. The van der Waals surface area contributed by atoms with Crippen LogP contribution in [0.5, 0.6) is 0 Å². The maximum atomic E-state index is 13.1. The van der Waals surface area contributed by atoms with E-state index in [0.717, 1.165) is 102 Å². The highest BCUT2D eigenvalue weighted by molar-refractivity contribution is 7.47. The first-order valence-corrected chi connectivity index (χ1v) is 43.6. The Morgan fingerprint density at radius 3 is 0.701 bits per heavy atom. The Balaban J connectivity index is 5.12. The van der Waals surface area contributed by atoms with E-state index in [2.05, 4.69) is 34.6 Å². The van der Waals surface area contributed by atoms with E-state index in [1.165, 1.54) is 231 Å². The van der Waals surface area contributed by atoms with Crippen molar-refractivity contribution in [3.8, 4) is 0 Å². The summed E-state index contributed by atoms with van der Waals surface area (Å²) in [5, 5.41) is 10.6. The molecule has 0 aromatic rings. The van der Waals surface area contributed by atoms with Crippen LogP contribution < -0.4 is 0 Å². The van der Waals surface area contributed by atoms with Gasteiger partial charge in [-0.2, -0.15) is 0 Å². The molecular weight excluding hydrogens is 1270 g/mol. The molecule has 2 unspecified atom stereocenters. The van der Waals surface area contributed by atoms with E-state index >= 15 is 0 Å². The minimum absolute atomic E-state index is 0.108. The number of carbonyl (C=O) groups is 4. The zero-order valence-corrected chi connectivity index (χ0v) is 65.0. The van der Waals surface area contributed by atoms with E-state index in [4.69, 9.17) is 37.0 Å². The first-order valence-electron chi connectivity index (χ1n) is 40.6. The summed E-state index contributed by atoms with van der Waals surface area (Å²) in [7, 11) is -9.90. The summed E-state index contributed by atoms with van der Waals surface area (Å²) >= 11 is 0. The summed E-state index contributed by atoms with van der Waals surface area (Å²) in [6.45, 7) is 7.24. The molecule has 0 aromatic carbocycles. The number of aliphatic hydroxyl groups excluding tert-OH is 1. The standard InChI is InChI=1S/C78H152O17P2/c1-6-9-12-15-17-19-21-23-25-27-28-29-30-32-36-41-45-49-54-59-64-78(83)95-74(68-89-76(81)62-57-52-47-43-39-37-33-34-38-42-46-51-55-60-71(4)5)70-93-97(86,87)91-66-72(79)65-90-96(84,85)92-69-73(67-88-75(80)61-56-50-14-11-8-3)94-77(82)63-58-53-48-44-40-35-31-26-24-22-20-18-16-13-10-7-2/h71-74,79H,6-70H2,1-5H3,(H,84,85)(H,86,87)/t72-,73+,74+/m0/s1. The zero-order valence-electron chi connectivity index (χ0n) is 63.2. The second kappa shape index (κ2) is 71.1. The van der Waals surface area contributed by atoms with Crippen LogP contribution in [0.15, 0.2) is 0 Å². The number of hydrogen-bond donors (Lipinski definition) is 3. The van der Waals surface area contributed by atoms with Crippen LogP contribution >= 0.6 is 15.6 Å².